The van der Waals surface area contributed by atoms with Crippen molar-refractivity contribution in [1.82, 2.24) is 5.32 Å². The summed E-state index contributed by atoms with van der Waals surface area (Å²) in [4.78, 5) is 11.7. The Morgan fingerprint density at radius 1 is 1.29 bits per heavy atom. The van der Waals surface area contributed by atoms with Crippen LogP contribution in [0.2, 0.25) is 0 Å². The second-order valence-electron chi connectivity index (χ2n) is 5.83. The van der Waals surface area contributed by atoms with Crippen LogP contribution in [0.5, 0.6) is 0 Å². The number of hydrogen-bond donors (Lipinski definition) is 1. The van der Waals surface area contributed by atoms with Gasteiger partial charge >= 0.3 is 12.1 Å². The van der Waals surface area contributed by atoms with Crippen molar-refractivity contribution in [2.45, 2.75) is 52.1 Å². The van der Waals surface area contributed by atoms with Crippen LogP contribution in [-0.2, 0) is 22.3 Å². The number of benzene rings is 1. The van der Waals surface area contributed by atoms with Gasteiger partial charge in [0.15, 0.2) is 0 Å². The maximum atomic E-state index is 12.6. The minimum atomic E-state index is -4.37. The molecule has 1 N–H and O–H groups in total. The molecule has 0 aromatic heterocycles. The molecule has 1 unspecified atom stereocenters. The Bertz CT molecular complexity index is 492. The normalized spacial score (nSPS) is 13.9. The summed E-state index contributed by atoms with van der Waals surface area (Å²) < 4.78 is 42.9. The van der Waals surface area contributed by atoms with Crippen molar-refractivity contribution in [3.63, 3.8) is 0 Å². The second-order valence-corrected chi connectivity index (χ2v) is 5.83. The largest absolute Gasteiger partial charge is 0.459 e. The Labute approximate surface area is 122 Å². The summed E-state index contributed by atoms with van der Waals surface area (Å²) in [6.07, 6.45) is -4.37. The fourth-order valence-corrected chi connectivity index (χ4v) is 1.60. The van der Waals surface area contributed by atoms with Crippen molar-refractivity contribution in [2.75, 3.05) is 0 Å². The van der Waals surface area contributed by atoms with Gasteiger partial charge in [-0.15, -0.1) is 0 Å². The Balaban J connectivity index is 2.61. The molecular formula is C15H20F3NO2. The fraction of sp³-hybridized carbons (Fsp3) is 0.533. The highest BCUT2D eigenvalue weighted by Crippen LogP contribution is 2.29. The summed E-state index contributed by atoms with van der Waals surface area (Å²) in [5, 5.41) is 2.86. The van der Waals surface area contributed by atoms with Crippen LogP contribution in [0.15, 0.2) is 24.3 Å². The molecular weight excluding hydrogens is 283 g/mol. The number of halogens is 3. The SMILES string of the molecule is CC(NCc1cccc(C(F)(F)F)c1)C(=O)OC(C)(C)C. The number of hydrogen-bond acceptors (Lipinski definition) is 3. The van der Waals surface area contributed by atoms with E-state index in [1.807, 2.05) is 0 Å². The van der Waals surface area contributed by atoms with E-state index in [0.29, 0.717) is 5.56 Å². The third-order valence-corrected chi connectivity index (χ3v) is 2.63. The topological polar surface area (TPSA) is 38.3 Å². The lowest BCUT2D eigenvalue weighted by atomic mass is 10.1. The molecule has 6 heteroatoms. The Hall–Kier alpha value is -1.56. The van der Waals surface area contributed by atoms with Gasteiger partial charge in [0, 0.05) is 6.54 Å². The third kappa shape index (κ3) is 6.16. The zero-order valence-corrected chi connectivity index (χ0v) is 12.5. The Morgan fingerprint density at radius 2 is 1.90 bits per heavy atom. The molecule has 1 aromatic rings. The lowest BCUT2D eigenvalue weighted by Gasteiger charge is -2.22. The van der Waals surface area contributed by atoms with Crippen LogP contribution in [0.3, 0.4) is 0 Å². The molecule has 21 heavy (non-hydrogen) atoms. The van der Waals surface area contributed by atoms with E-state index in [0.717, 1.165) is 12.1 Å². The standard InChI is InChI=1S/C15H20F3NO2/c1-10(13(20)21-14(2,3)4)19-9-11-6-5-7-12(8-11)15(16,17)18/h5-8,10,19H,9H2,1-4H3. The first kappa shape index (κ1) is 17.5. The molecule has 1 rings (SSSR count). The molecule has 118 valence electrons. The maximum absolute atomic E-state index is 12.6. The molecule has 0 spiro atoms. The highest BCUT2D eigenvalue weighted by Gasteiger charge is 2.30. The lowest BCUT2D eigenvalue weighted by Crippen LogP contribution is -2.38. The highest BCUT2D eigenvalue weighted by atomic mass is 19.4. The summed E-state index contributed by atoms with van der Waals surface area (Å²) in [6, 6.07) is 4.40. The van der Waals surface area contributed by atoms with Crippen molar-refractivity contribution in [2.24, 2.45) is 0 Å². The van der Waals surface area contributed by atoms with E-state index < -0.39 is 29.4 Å². The molecule has 0 saturated carbocycles. The van der Waals surface area contributed by atoms with E-state index in [9.17, 15) is 18.0 Å². The van der Waals surface area contributed by atoms with Crippen molar-refractivity contribution in [1.29, 1.82) is 0 Å². The molecule has 0 radical (unpaired) electrons. The smallest absolute Gasteiger partial charge is 0.416 e. The van der Waals surface area contributed by atoms with Crippen molar-refractivity contribution >= 4 is 5.97 Å². The maximum Gasteiger partial charge on any atom is 0.416 e. The van der Waals surface area contributed by atoms with Crippen molar-refractivity contribution in [3.05, 3.63) is 35.4 Å². The first-order valence-electron chi connectivity index (χ1n) is 6.61. The summed E-state index contributed by atoms with van der Waals surface area (Å²) in [7, 11) is 0. The van der Waals surface area contributed by atoms with E-state index in [2.05, 4.69) is 5.32 Å². The van der Waals surface area contributed by atoms with Gasteiger partial charge in [-0.3, -0.25) is 4.79 Å². The summed E-state index contributed by atoms with van der Waals surface area (Å²) in [5.41, 5.74) is -0.838. The average Bonchev–Trinajstić information content (AvgIpc) is 2.33. The van der Waals surface area contributed by atoms with Crippen LogP contribution < -0.4 is 5.32 Å². The minimum absolute atomic E-state index is 0.157. The molecule has 3 nitrogen and oxygen atoms in total. The van der Waals surface area contributed by atoms with E-state index in [4.69, 9.17) is 4.74 Å². The first-order chi connectivity index (χ1) is 9.49. The Morgan fingerprint density at radius 3 is 2.43 bits per heavy atom. The molecule has 0 aliphatic rings. The molecule has 0 saturated heterocycles. The number of ether oxygens (including phenoxy) is 1. The van der Waals surface area contributed by atoms with E-state index in [1.54, 1.807) is 33.8 Å². The zero-order valence-electron chi connectivity index (χ0n) is 12.5. The van der Waals surface area contributed by atoms with Gasteiger partial charge < -0.3 is 10.1 Å². The van der Waals surface area contributed by atoms with Crippen molar-refractivity contribution in [3.8, 4) is 0 Å². The lowest BCUT2D eigenvalue weighted by molar-refractivity contribution is -0.157. The van der Waals surface area contributed by atoms with Crippen molar-refractivity contribution < 1.29 is 22.7 Å². The zero-order chi connectivity index (χ0) is 16.3. The number of nitrogens with one attached hydrogen (secondary N) is 1. The molecule has 0 amide bonds. The number of esters is 1. The molecule has 0 fully saturated rings. The monoisotopic (exact) mass is 303 g/mol. The second kappa shape index (κ2) is 6.47. The Kier molecular flexibility index (Phi) is 5.39. The van der Waals surface area contributed by atoms with Crippen LogP contribution in [0.1, 0.15) is 38.8 Å². The van der Waals surface area contributed by atoms with Gasteiger partial charge in [-0.2, -0.15) is 13.2 Å². The van der Waals surface area contributed by atoms with Crippen LogP contribution in [0.25, 0.3) is 0 Å². The number of carbonyl (C=O) groups excluding carboxylic acids is 1. The van der Waals surface area contributed by atoms with Gasteiger partial charge in [0.05, 0.1) is 5.56 Å². The summed E-state index contributed by atoms with van der Waals surface area (Å²) in [6.45, 7) is 7.03. The fourth-order valence-electron chi connectivity index (χ4n) is 1.60. The molecule has 0 bridgehead atoms. The highest BCUT2D eigenvalue weighted by molar-refractivity contribution is 5.75. The predicted octanol–water partition coefficient (Wildman–Crippen LogP) is 3.53. The van der Waals surface area contributed by atoms with Gasteiger partial charge in [0.25, 0.3) is 0 Å². The first-order valence-corrected chi connectivity index (χ1v) is 6.61. The molecule has 1 aromatic carbocycles. The minimum Gasteiger partial charge on any atom is -0.459 e. The van der Waals surface area contributed by atoms with Gasteiger partial charge in [-0.25, -0.2) is 0 Å². The van der Waals surface area contributed by atoms with E-state index in [-0.39, 0.29) is 6.54 Å². The number of alkyl halides is 3. The van der Waals surface area contributed by atoms with E-state index >= 15 is 0 Å². The predicted molar refractivity (Wildman–Crippen MR) is 73.6 cm³/mol. The summed E-state index contributed by atoms with van der Waals surface area (Å²) in [5.74, 6) is -0.436. The van der Waals surface area contributed by atoms with Gasteiger partial charge in [-0.1, -0.05) is 18.2 Å². The van der Waals surface area contributed by atoms with Crippen LogP contribution >= 0.6 is 0 Å². The third-order valence-electron chi connectivity index (χ3n) is 2.63. The molecule has 1 atom stereocenters. The van der Waals surface area contributed by atoms with Crippen LogP contribution in [0, 0.1) is 0 Å². The number of rotatable bonds is 4. The van der Waals surface area contributed by atoms with Gasteiger partial charge in [0.1, 0.15) is 11.6 Å². The number of carbonyl (C=O) groups is 1. The van der Waals surface area contributed by atoms with E-state index in [1.165, 1.54) is 6.07 Å². The van der Waals surface area contributed by atoms with Crippen LogP contribution in [0.4, 0.5) is 13.2 Å². The summed E-state index contributed by atoms with van der Waals surface area (Å²) >= 11 is 0. The van der Waals surface area contributed by atoms with Crippen LogP contribution in [-0.4, -0.2) is 17.6 Å². The molecule has 0 heterocycles. The van der Waals surface area contributed by atoms with Gasteiger partial charge in [0.2, 0.25) is 0 Å². The molecule has 0 aliphatic heterocycles. The quantitative estimate of drug-likeness (QED) is 0.865. The molecule has 0 aliphatic carbocycles. The van der Waals surface area contributed by atoms with Gasteiger partial charge in [-0.05, 0) is 39.3 Å². The average molecular weight is 303 g/mol.